The monoisotopic (exact) mass is 318 g/mol. The van der Waals surface area contributed by atoms with Gasteiger partial charge in [-0.3, -0.25) is 0 Å². The van der Waals surface area contributed by atoms with Crippen molar-refractivity contribution in [2.24, 2.45) is 0 Å². The lowest BCUT2D eigenvalue weighted by Gasteiger charge is -2.32. The van der Waals surface area contributed by atoms with Gasteiger partial charge >= 0.3 is 7.12 Å². The minimum absolute atomic E-state index is 0.383. The highest BCUT2D eigenvalue weighted by Crippen LogP contribution is 2.42. The molecule has 1 aromatic heterocycles. The molecule has 0 bridgehead atoms. The van der Waals surface area contributed by atoms with Crippen LogP contribution >= 0.6 is 0 Å². The molecule has 3 rings (SSSR count). The average Bonchev–Trinajstić information content (AvgIpc) is 3.26. The third-order valence-corrected chi connectivity index (χ3v) is 5.11. The van der Waals surface area contributed by atoms with E-state index in [2.05, 4.69) is 39.6 Å². The summed E-state index contributed by atoms with van der Waals surface area (Å²) >= 11 is 0. The molecule has 0 atom stereocenters. The van der Waals surface area contributed by atoms with Crippen LogP contribution in [0.25, 0.3) is 0 Å². The van der Waals surface area contributed by atoms with E-state index in [1.54, 1.807) is 7.11 Å². The van der Waals surface area contributed by atoms with Gasteiger partial charge in [0.15, 0.2) is 0 Å². The fraction of sp³-hybridized carbons (Fsp3) is 0.765. The fourth-order valence-electron chi connectivity index (χ4n) is 2.85. The Bertz CT molecular complexity index is 584. The first-order valence-corrected chi connectivity index (χ1v) is 8.59. The summed E-state index contributed by atoms with van der Waals surface area (Å²) in [6, 6.07) is 0. The second-order valence-electron chi connectivity index (χ2n) is 7.56. The smallest absolute Gasteiger partial charge is 0.481 e. The Hall–Kier alpha value is -1.14. The molecule has 1 aliphatic heterocycles. The van der Waals surface area contributed by atoms with Crippen LogP contribution in [0.15, 0.2) is 0 Å². The maximum atomic E-state index is 6.23. The van der Waals surface area contributed by atoms with E-state index >= 15 is 0 Å². The molecule has 2 aliphatic rings. The summed E-state index contributed by atoms with van der Waals surface area (Å²) < 4.78 is 18.0. The quantitative estimate of drug-likeness (QED) is 0.781. The molecule has 126 valence electrons. The summed E-state index contributed by atoms with van der Waals surface area (Å²) in [6.45, 7) is 10.4. The molecule has 0 amide bonds. The molecule has 0 unspecified atom stereocenters. The molecule has 23 heavy (non-hydrogen) atoms. The second kappa shape index (κ2) is 5.74. The Morgan fingerprint density at radius 2 is 1.74 bits per heavy atom. The van der Waals surface area contributed by atoms with Gasteiger partial charge in [-0.05, 0) is 47.0 Å². The van der Waals surface area contributed by atoms with E-state index < -0.39 is 7.12 Å². The highest BCUT2D eigenvalue weighted by Gasteiger charge is 2.54. The van der Waals surface area contributed by atoms with Crippen LogP contribution in [0.4, 0.5) is 0 Å². The SMILES string of the molecule is CCCc1nc(OC)c(B2OC(C)(C)C(C)(C)O2)c(C2CC2)n1. The largest absolute Gasteiger partial charge is 0.502 e. The van der Waals surface area contributed by atoms with Crippen molar-refractivity contribution >= 4 is 12.6 Å². The van der Waals surface area contributed by atoms with Gasteiger partial charge in [0.05, 0.1) is 29.5 Å². The molecule has 1 aliphatic carbocycles. The lowest BCUT2D eigenvalue weighted by Crippen LogP contribution is -2.41. The maximum Gasteiger partial charge on any atom is 0.502 e. The van der Waals surface area contributed by atoms with Gasteiger partial charge in [0.25, 0.3) is 0 Å². The molecule has 0 radical (unpaired) electrons. The third kappa shape index (κ3) is 2.99. The van der Waals surface area contributed by atoms with E-state index in [4.69, 9.17) is 19.0 Å². The zero-order valence-corrected chi connectivity index (χ0v) is 15.1. The van der Waals surface area contributed by atoms with Crippen LogP contribution in [-0.4, -0.2) is 35.4 Å². The van der Waals surface area contributed by atoms with Crippen LogP contribution in [-0.2, 0) is 15.7 Å². The van der Waals surface area contributed by atoms with Crippen molar-refractivity contribution in [3.8, 4) is 5.88 Å². The molecule has 1 saturated carbocycles. The average molecular weight is 318 g/mol. The van der Waals surface area contributed by atoms with Crippen molar-refractivity contribution < 1.29 is 14.0 Å². The molecule has 6 heteroatoms. The topological polar surface area (TPSA) is 53.5 Å². The van der Waals surface area contributed by atoms with Gasteiger partial charge in [-0.2, -0.15) is 4.98 Å². The molecular weight excluding hydrogens is 291 g/mol. The maximum absolute atomic E-state index is 6.23. The summed E-state index contributed by atoms with van der Waals surface area (Å²) in [5, 5.41) is 0. The highest BCUT2D eigenvalue weighted by molar-refractivity contribution is 6.63. The molecule has 1 aromatic rings. The number of methoxy groups -OCH3 is 1. The number of aromatic nitrogens is 2. The summed E-state index contributed by atoms with van der Waals surface area (Å²) in [7, 11) is 1.19. The van der Waals surface area contributed by atoms with E-state index in [0.29, 0.717) is 11.8 Å². The number of nitrogens with zero attached hydrogens (tertiary/aromatic N) is 2. The molecule has 0 spiro atoms. The first-order valence-electron chi connectivity index (χ1n) is 8.59. The van der Waals surface area contributed by atoms with E-state index in [0.717, 1.165) is 42.7 Å². The molecule has 0 N–H and O–H groups in total. The number of hydrogen-bond donors (Lipinski definition) is 0. The minimum atomic E-state index is -0.471. The Kier molecular flexibility index (Phi) is 4.17. The minimum Gasteiger partial charge on any atom is -0.481 e. The molecule has 2 heterocycles. The zero-order chi connectivity index (χ0) is 16.8. The van der Waals surface area contributed by atoms with E-state index in [-0.39, 0.29) is 11.2 Å². The van der Waals surface area contributed by atoms with E-state index in [1.807, 2.05) is 0 Å². The van der Waals surface area contributed by atoms with Crippen LogP contribution < -0.4 is 10.2 Å². The summed E-state index contributed by atoms with van der Waals surface area (Å²) in [6.07, 6.45) is 4.21. The Balaban J connectivity index is 2.04. The Morgan fingerprint density at radius 1 is 1.13 bits per heavy atom. The fourth-order valence-corrected chi connectivity index (χ4v) is 2.85. The lowest BCUT2D eigenvalue weighted by atomic mass is 9.77. The molecule has 2 fully saturated rings. The first kappa shape index (κ1) is 16.7. The first-order chi connectivity index (χ1) is 10.8. The zero-order valence-electron chi connectivity index (χ0n) is 15.1. The van der Waals surface area contributed by atoms with Crippen molar-refractivity contribution in [3.63, 3.8) is 0 Å². The summed E-state index contributed by atoms with van der Waals surface area (Å²) in [4.78, 5) is 9.42. The van der Waals surface area contributed by atoms with Crippen molar-refractivity contribution in [1.29, 1.82) is 0 Å². The lowest BCUT2D eigenvalue weighted by molar-refractivity contribution is 0.00578. The van der Waals surface area contributed by atoms with E-state index in [9.17, 15) is 0 Å². The van der Waals surface area contributed by atoms with Gasteiger partial charge in [0.1, 0.15) is 5.82 Å². The van der Waals surface area contributed by atoms with Crippen LogP contribution in [0.1, 0.15) is 71.3 Å². The number of hydrogen-bond acceptors (Lipinski definition) is 5. The normalized spacial score (nSPS) is 22.4. The Morgan fingerprint density at radius 3 is 2.22 bits per heavy atom. The van der Waals surface area contributed by atoms with Crippen LogP contribution in [0, 0.1) is 0 Å². The van der Waals surface area contributed by atoms with Gasteiger partial charge in [-0.25, -0.2) is 4.98 Å². The number of rotatable bonds is 5. The van der Waals surface area contributed by atoms with Crippen LogP contribution in [0.3, 0.4) is 0 Å². The van der Waals surface area contributed by atoms with Gasteiger partial charge in [-0.1, -0.05) is 6.92 Å². The predicted octanol–water partition coefficient (Wildman–Crippen LogP) is 2.61. The highest BCUT2D eigenvalue weighted by atomic mass is 16.7. The predicted molar refractivity (Wildman–Crippen MR) is 90.3 cm³/mol. The molecule has 1 saturated heterocycles. The summed E-state index contributed by atoms with van der Waals surface area (Å²) in [5.41, 5.74) is 1.17. The van der Waals surface area contributed by atoms with Crippen molar-refractivity contribution in [2.45, 2.75) is 77.4 Å². The van der Waals surface area contributed by atoms with Crippen LogP contribution in [0.5, 0.6) is 5.88 Å². The third-order valence-electron chi connectivity index (χ3n) is 5.11. The van der Waals surface area contributed by atoms with Gasteiger partial charge in [0.2, 0.25) is 5.88 Å². The van der Waals surface area contributed by atoms with Gasteiger partial charge in [-0.15, -0.1) is 0 Å². The van der Waals surface area contributed by atoms with Crippen molar-refractivity contribution in [3.05, 3.63) is 11.5 Å². The summed E-state index contributed by atoms with van der Waals surface area (Å²) in [5.74, 6) is 1.94. The van der Waals surface area contributed by atoms with Gasteiger partial charge < -0.3 is 14.0 Å². The van der Waals surface area contributed by atoms with E-state index in [1.165, 1.54) is 0 Å². The van der Waals surface area contributed by atoms with Crippen molar-refractivity contribution in [1.82, 2.24) is 9.97 Å². The second-order valence-corrected chi connectivity index (χ2v) is 7.56. The number of aryl methyl sites for hydroxylation is 1. The molecule has 0 aromatic carbocycles. The van der Waals surface area contributed by atoms with Crippen molar-refractivity contribution in [2.75, 3.05) is 7.11 Å². The number of ether oxygens (including phenoxy) is 1. The Labute approximate surface area is 139 Å². The van der Waals surface area contributed by atoms with Crippen LogP contribution in [0.2, 0.25) is 0 Å². The standard InChI is InChI=1S/C17H27BN2O3/c1-7-8-12-19-14(11-9-10-11)13(15(20-12)21-6)18-22-16(2,3)17(4,5)23-18/h11H,7-10H2,1-6H3. The molecule has 5 nitrogen and oxygen atoms in total. The van der Waals surface area contributed by atoms with Gasteiger partial charge in [0, 0.05) is 12.3 Å². The molecular formula is C17H27BN2O3.